The fraction of sp³-hybridized carbons (Fsp3) is 0.700. The number of nitrogens with one attached hydrogen (secondary N) is 1. The third-order valence-electron chi connectivity index (χ3n) is 2.57. The molecule has 1 N–H and O–H groups in total. The van der Waals surface area contributed by atoms with E-state index in [1.807, 2.05) is 25.0 Å². The van der Waals surface area contributed by atoms with E-state index in [0.717, 1.165) is 6.42 Å². The molecule has 0 aliphatic carbocycles. The lowest BCUT2D eigenvalue weighted by Crippen LogP contribution is -2.24. The molecule has 1 atom stereocenters. The first-order valence-electron chi connectivity index (χ1n) is 4.92. The molecule has 0 saturated heterocycles. The molecule has 0 fully saturated rings. The number of nitrogens with zero attached hydrogens (tertiary/aromatic N) is 2. The van der Waals surface area contributed by atoms with Gasteiger partial charge in [-0.2, -0.15) is 5.10 Å². The Bertz CT molecular complexity index is 238. The topological polar surface area (TPSA) is 29.9 Å². The molecular formula is C10H19N3. The summed E-state index contributed by atoms with van der Waals surface area (Å²) in [7, 11) is 4.02. The van der Waals surface area contributed by atoms with Crippen LogP contribution in [-0.4, -0.2) is 22.9 Å². The second-order valence-corrected chi connectivity index (χ2v) is 3.38. The summed E-state index contributed by atoms with van der Waals surface area (Å²) in [4.78, 5) is 0. The predicted octanol–water partition coefficient (Wildman–Crippen LogP) is 1.35. The Kier molecular flexibility index (Phi) is 3.96. The monoisotopic (exact) mass is 181 g/mol. The average molecular weight is 181 g/mol. The van der Waals surface area contributed by atoms with Crippen molar-refractivity contribution in [2.75, 3.05) is 7.05 Å². The van der Waals surface area contributed by atoms with Gasteiger partial charge >= 0.3 is 0 Å². The van der Waals surface area contributed by atoms with Crippen LogP contribution in [0.2, 0.25) is 0 Å². The Hall–Kier alpha value is -0.830. The molecule has 0 amide bonds. The minimum Gasteiger partial charge on any atom is -0.317 e. The minimum atomic E-state index is 0.634. The van der Waals surface area contributed by atoms with Gasteiger partial charge in [0.1, 0.15) is 0 Å². The van der Waals surface area contributed by atoms with Gasteiger partial charge in [0, 0.05) is 25.0 Å². The highest BCUT2D eigenvalue weighted by Crippen LogP contribution is 2.05. The standard InChI is InChI=1S/C10H19N3/c1-4-9(11-2)5-6-10-7-8-12-13(10)3/h7-9,11H,4-6H2,1-3H3. The molecular weight excluding hydrogens is 162 g/mol. The summed E-state index contributed by atoms with van der Waals surface area (Å²) >= 11 is 0. The molecule has 0 aliphatic rings. The van der Waals surface area contributed by atoms with Crippen molar-refractivity contribution in [1.82, 2.24) is 15.1 Å². The van der Waals surface area contributed by atoms with E-state index in [9.17, 15) is 0 Å². The average Bonchev–Trinajstić information content (AvgIpc) is 2.54. The van der Waals surface area contributed by atoms with Gasteiger partial charge in [-0.05, 0) is 32.4 Å². The van der Waals surface area contributed by atoms with E-state index in [1.165, 1.54) is 18.5 Å². The van der Waals surface area contributed by atoms with Crippen LogP contribution < -0.4 is 5.32 Å². The smallest absolute Gasteiger partial charge is 0.0492 e. The van der Waals surface area contributed by atoms with Crippen LogP contribution in [0.25, 0.3) is 0 Å². The fourth-order valence-corrected chi connectivity index (χ4v) is 1.52. The summed E-state index contributed by atoms with van der Waals surface area (Å²) in [5.74, 6) is 0. The van der Waals surface area contributed by atoms with Crippen LogP contribution in [-0.2, 0) is 13.5 Å². The molecule has 0 bridgehead atoms. The zero-order valence-electron chi connectivity index (χ0n) is 8.75. The van der Waals surface area contributed by atoms with Crippen molar-refractivity contribution in [3.05, 3.63) is 18.0 Å². The van der Waals surface area contributed by atoms with Crippen molar-refractivity contribution in [1.29, 1.82) is 0 Å². The van der Waals surface area contributed by atoms with Crippen LogP contribution in [0.5, 0.6) is 0 Å². The normalized spacial score (nSPS) is 13.2. The van der Waals surface area contributed by atoms with Crippen LogP contribution in [0.1, 0.15) is 25.5 Å². The minimum absolute atomic E-state index is 0.634. The van der Waals surface area contributed by atoms with E-state index in [2.05, 4.69) is 23.4 Å². The summed E-state index contributed by atoms with van der Waals surface area (Å²) in [6.45, 7) is 2.21. The molecule has 0 aromatic carbocycles. The quantitative estimate of drug-likeness (QED) is 0.743. The van der Waals surface area contributed by atoms with Crippen molar-refractivity contribution >= 4 is 0 Å². The molecule has 3 heteroatoms. The summed E-state index contributed by atoms with van der Waals surface area (Å²) in [6, 6.07) is 2.72. The summed E-state index contributed by atoms with van der Waals surface area (Å²) in [5, 5.41) is 7.45. The van der Waals surface area contributed by atoms with Gasteiger partial charge in [-0.3, -0.25) is 4.68 Å². The van der Waals surface area contributed by atoms with Crippen LogP contribution in [0.3, 0.4) is 0 Å². The van der Waals surface area contributed by atoms with Crippen LogP contribution in [0.4, 0.5) is 0 Å². The molecule has 0 aliphatic heterocycles. The second kappa shape index (κ2) is 5.02. The SMILES string of the molecule is CCC(CCc1ccnn1C)NC. The van der Waals surface area contributed by atoms with Gasteiger partial charge in [-0.25, -0.2) is 0 Å². The predicted molar refractivity (Wildman–Crippen MR) is 54.7 cm³/mol. The first-order chi connectivity index (χ1) is 6.27. The van der Waals surface area contributed by atoms with Gasteiger partial charge in [0.25, 0.3) is 0 Å². The molecule has 1 rings (SSSR count). The maximum Gasteiger partial charge on any atom is 0.0492 e. The van der Waals surface area contributed by atoms with Crippen molar-refractivity contribution in [2.24, 2.45) is 7.05 Å². The van der Waals surface area contributed by atoms with Gasteiger partial charge in [0.05, 0.1) is 0 Å². The highest BCUT2D eigenvalue weighted by Gasteiger charge is 2.04. The molecule has 0 spiro atoms. The van der Waals surface area contributed by atoms with Gasteiger partial charge in [0.15, 0.2) is 0 Å². The van der Waals surface area contributed by atoms with Crippen LogP contribution >= 0.6 is 0 Å². The zero-order chi connectivity index (χ0) is 9.68. The van der Waals surface area contributed by atoms with E-state index < -0.39 is 0 Å². The number of rotatable bonds is 5. The maximum atomic E-state index is 4.14. The number of hydrogen-bond donors (Lipinski definition) is 1. The van der Waals surface area contributed by atoms with Crippen LogP contribution in [0, 0.1) is 0 Å². The van der Waals surface area contributed by atoms with Crippen LogP contribution in [0.15, 0.2) is 12.3 Å². The van der Waals surface area contributed by atoms with E-state index in [0.29, 0.717) is 6.04 Å². The lowest BCUT2D eigenvalue weighted by Gasteiger charge is -2.12. The molecule has 74 valence electrons. The molecule has 13 heavy (non-hydrogen) atoms. The van der Waals surface area contributed by atoms with Crippen molar-refractivity contribution < 1.29 is 0 Å². The van der Waals surface area contributed by atoms with Gasteiger partial charge in [-0.1, -0.05) is 6.92 Å². The molecule has 1 unspecified atom stereocenters. The Morgan fingerprint density at radius 1 is 1.62 bits per heavy atom. The summed E-state index contributed by atoms with van der Waals surface area (Å²) in [5.41, 5.74) is 1.31. The van der Waals surface area contributed by atoms with Gasteiger partial charge in [-0.15, -0.1) is 0 Å². The Labute approximate surface area is 80.1 Å². The maximum absolute atomic E-state index is 4.14. The first kappa shape index (κ1) is 10.3. The van der Waals surface area contributed by atoms with Gasteiger partial charge in [0.2, 0.25) is 0 Å². The highest BCUT2D eigenvalue weighted by atomic mass is 15.2. The number of hydrogen-bond acceptors (Lipinski definition) is 2. The summed E-state index contributed by atoms with van der Waals surface area (Å²) < 4.78 is 1.95. The van der Waals surface area contributed by atoms with E-state index in [4.69, 9.17) is 0 Å². The number of aryl methyl sites for hydroxylation is 2. The fourth-order valence-electron chi connectivity index (χ4n) is 1.52. The second-order valence-electron chi connectivity index (χ2n) is 3.38. The van der Waals surface area contributed by atoms with Crippen molar-refractivity contribution in [3.8, 4) is 0 Å². The summed E-state index contributed by atoms with van der Waals surface area (Å²) in [6.07, 6.45) is 5.34. The molecule has 1 aromatic rings. The lowest BCUT2D eigenvalue weighted by atomic mass is 10.1. The number of aromatic nitrogens is 2. The van der Waals surface area contributed by atoms with Gasteiger partial charge < -0.3 is 5.32 Å². The molecule has 3 nitrogen and oxygen atoms in total. The third kappa shape index (κ3) is 2.84. The van der Waals surface area contributed by atoms with Crippen molar-refractivity contribution in [2.45, 2.75) is 32.2 Å². The van der Waals surface area contributed by atoms with Crippen molar-refractivity contribution in [3.63, 3.8) is 0 Å². The molecule has 0 saturated carbocycles. The molecule has 1 heterocycles. The highest BCUT2D eigenvalue weighted by molar-refractivity contribution is 5.00. The Morgan fingerprint density at radius 3 is 2.85 bits per heavy atom. The Balaban J connectivity index is 2.38. The Morgan fingerprint density at radius 2 is 2.38 bits per heavy atom. The zero-order valence-corrected chi connectivity index (χ0v) is 8.75. The van der Waals surface area contributed by atoms with E-state index >= 15 is 0 Å². The van der Waals surface area contributed by atoms with E-state index in [1.54, 1.807) is 0 Å². The molecule has 1 aromatic heterocycles. The third-order valence-corrected chi connectivity index (χ3v) is 2.57. The lowest BCUT2D eigenvalue weighted by molar-refractivity contribution is 0.500. The van der Waals surface area contributed by atoms with E-state index in [-0.39, 0.29) is 0 Å². The largest absolute Gasteiger partial charge is 0.317 e. The first-order valence-corrected chi connectivity index (χ1v) is 4.92. The molecule has 0 radical (unpaired) electrons.